The molecule has 0 unspecified atom stereocenters. The van der Waals surface area contributed by atoms with Gasteiger partial charge in [0.05, 0.1) is 0 Å². The first-order valence-corrected chi connectivity index (χ1v) is 6.26. The molecule has 2 aromatic carbocycles. The van der Waals surface area contributed by atoms with Crippen LogP contribution in [0, 0.1) is 13.8 Å². The Bertz CT molecular complexity index is 560. The molecule has 18 heavy (non-hydrogen) atoms. The van der Waals surface area contributed by atoms with Gasteiger partial charge in [-0.1, -0.05) is 29.8 Å². The molecule has 1 heterocycles. The predicted molar refractivity (Wildman–Crippen MR) is 74.0 cm³/mol. The molecule has 1 aliphatic rings. The second-order valence-corrected chi connectivity index (χ2v) is 4.92. The van der Waals surface area contributed by atoms with Gasteiger partial charge in [0.1, 0.15) is 5.75 Å². The van der Waals surface area contributed by atoms with Gasteiger partial charge < -0.3 is 9.64 Å². The molecule has 2 heteroatoms. The van der Waals surface area contributed by atoms with E-state index in [2.05, 4.69) is 61.2 Å². The third kappa shape index (κ3) is 2.06. The van der Waals surface area contributed by atoms with Crippen LogP contribution in [0.25, 0.3) is 0 Å². The van der Waals surface area contributed by atoms with Gasteiger partial charge in [-0.05, 0) is 37.6 Å². The lowest BCUT2D eigenvalue weighted by molar-refractivity contribution is 0.289. The number of benzene rings is 2. The molecule has 0 saturated carbocycles. The fourth-order valence-corrected chi connectivity index (χ4v) is 2.25. The van der Waals surface area contributed by atoms with Gasteiger partial charge in [0.15, 0.2) is 6.73 Å². The van der Waals surface area contributed by atoms with Crippen molar-refractivity contribution in [2.75, 3.05) is 11.6 Å². The summed E-state index contributed by atoms with van der Waals surface area (Å²) in [6, 6.07) is 15.0. The highest BCUT2D eigenvalue weighted by atomic mass is 16.5. The summed E-state index contributed by atoms with van der Waals surface area (Å²) in [5.74, 6) is 1.03. The number of ether oxygens (including phenoxy) is 1. The van der Waals surface area contributed by atoms with Crippen LogP contribution < -0.4 is 9.64 Å². The number of aryl methyl sites for hydroxylation is 2. The van der Waals surface area contributed by atoms with Crippen molar-refractivity contribution >= 4 is 5.69 Å². The summed E-state index contributed by atoms with van der Waals surface area (Å²) in [6.45, 7) is 5.74. The molecule has 2 aromatic rings. The third-order valence-electron chi connectivity index (χ3n) is 3.36. The van der Waals surface area contributed by atoms with E-state index < -0.39 is 0 Å². The quantitative estimate of drug-likeness (QED) is 0.753. The minimum atomic E-state index is 0.625. The molecule has 0 fully saturated rings. The highest BCUT2D eigenvalue weighted by Gasteiger charge is 2.17. The van der Waals surface area contributed by atoms with Crippen LogP contribution in [0.1, 0.15) is 16.7 Å². The third-order valence-corrected chi connectivity index (χ3v) is 3.36. The van der Waals surface area contributed by atoms with E-state index in [1.807, 2.05) is 0 Å². The van der Waals surface area contributed by atoms with Gasteiger partial charge in [-0.15, -0.1) is 0 Å². The van der Waals surface area contributed by atoms with Crippen LogP contribution in [0.5, 0.6) is 5.75 Å². The minimum Gasteiger partial charge on any atom is -0.473 e. The lowest BCUT2D eigenvalue weighted by Gasteiger charge is -2.31. The summed E-state index contributed by atoms with van der Waals surface area (Å²) in [6.07, 6.45) is 0. The fraction of sp³-hybridized carbons (Fsp3) is 0.250. The van der Waals surface area contributed by atoms with Crippen molar-refractivity contribution in [2.24, 2.45) is 0 Å². The fourth-order valence-electron chi connectivity index (χ4n) is 2.25. The van der Waals surface area contributed by atoms with E-state index in [9.17, 15) is 0 Å². The Kier molecular flexibility index (Phi) is 2.71. The van der Waals surface area contributed by atoms with Crippen LogP contribution in [-0.2, 0) is 6.54 Å². The van der Waals surface area contributed by atoms with Crippen molar-refractivity contribution in [3.05, 3.63) is 59.2 Å². The van der Waals surface area contributed by atoms with Gasteiger partial charge in [-0.3, -0.25) is 0 Å². The minimum absolute atomic E-state index is 0.625. The van der Waals surface area contributed by atoms with E-state index in [0.717, 1.165) is 12.3 Å². The maximum atomic E-state index is 5.83. The van der Waals surface area contributed by atoms with Crippen LogP contribution in [0.15, 0.2) is 42.5 Å². The van der Waals surface area contributed by atoms with Gasteiger partial charge in [-0.2, -0.15) is 0 Å². The Labute approximate surface area is 108 Å². The maximum absolute atomic E-state index is 5.83. The summed E-state index contributed by atoms with van der Waals surface area (Å²) in [5, 5.41) is 0. The predicted octanol–water partition coefficient (Wildman–Crippen LogP) is 3.66. The van der Waals surface area contributed by atoms with Crippen molar-refractivity contribution in [1.29, 1.82) is 0 Å². The lowest BCUT2D eigenvalue weighted by Crippen LogP contribution is -2.31. The molecule has 3 rings (SSSR count). The molecule has 0 bridgehead atoms. The topological polar surface area (TPSA) is 12.5 Å². The molecule has 92 valence electrons. The summed E-state index contributed by atoms with van der Waals surface area (Å²) in [7, 11) is 0. The van der Waals surface area contributed by atoms with Gasteiger partial charge >= 0.3 is 0 Å². The molecule has 2 nitrogen and oxygen atoms in total. The Morgan fingerprint density at radius 1 is 0.944 bits per heavy atom. The number of hydrogen-bond donors (Lipinski definition) is 0. The number of rotatable bonds is 1. The van der Waals surface area contributed by atoms with Crippen molar-refractivity contribution < 1.29 is 4.74 Å². The van der Waals surface area contributed by atoms with Crippen molar-refractivity contribution in [2.45, 2.75) is 20.4 Å². The number of hydrogen-bond acceptors (Lipinski definition) is 2. The molecule has 0 N–H and O–H groups in total. The molecule has 1 aliphatic heterocycles. The van der Waals surface area contributed by atoms with Crippen LogP contribution >= 0.6 is 0 Å². The standard InChI is InChI=1S/C16H17NO/c1-12-4-7-15(8-5-12)17-10-14-6-3-13(2)9-16(14)18-11-17/h3-9H,10-11H2,1-2H3. The normalized spacial score (nSPS) is 14.0. The summed E-state index contributed by atoms with van der Waals surface area (Å²) in [5.41, 5.74) is 5.00. The van der Waals surface area contributed by atoms with E-state index in [-0.39, 0.29) is 0 Å². The molecule has 0 amide bonds. The highest BCUT2D eigenvalue weighted by Crippen LogP contribution is 2.29. The average molecular weight is 239 g/mol. The van der Waals surface area contributed by atoms with Crippen LogP contribution in [0.2, 0.25) is 0 Å². The van der Waals surface area contributed by atoms with Gasteiger partial charge in [-0.25, -0.2) is 0 Å². The van der Waals surface area contributed by atoms with Crippen LogP contribution in [0.3, 0.4) is 0 Å². The second kappa shape index (κ2) is 4.37. The summed E-state index contributed by atoms with van der Waals surface area (Å²) < 4.78 is 5.83. The summed E-state index contributed by atoms with van der Waals surface area (Å²) in [4.78, 5) is 2.25. The van der Waals surface area contributed by atoms with E-state index >= 15 is 0 Å². The zero-order valence-electron chi connectivity index (χ0n) is 10.8. The number of nitrogens with zero attached hydrogens (tertiary/aromatic N) is 1. The molecule has 0 saturated heterocycles. The molecule has 0 spiro atoms. The Morgan fingerprint density at radius 2 is 1.67 bits per heavy atom. The van der Waals surface area contributed by atoms with Gasteiger partial charge in [0.2, 0.25) is 0 Å². The SMILES string of the molecule is Cc1ccc(N2COc3cc(C)ccc3C2)cc1. The monoisotopic (exact) mass is 239 g/mol. The maximum Gasteiger partial charge on any atom is 0.161 e. The molecular formula is C16H17NO. The Balaban J connectivity index is 1.86. The largest absolute Gasteiger partial charge is 0.473 e. The van der Waals surface area contributed by atoms with E-state index in [1.165, 1.54) is 22.4 Å². The van der Waals surface area contributed by atoms with E-state index in [0.29, 0.717) is 6.73 Å². The molecule has 0 atom stereocenters. The van der Waals surface area contributed by atoms with Crippen molar-refractivity contribution in [1.82, 2.24) is 0 Å². The Hall–Kier alpha value is -1.96. The molecular weight excluding hydrogens is 222 g/mol. The van der Waals surface area contributed by atoms with Gasteiger partial charge in [0.25, 0.3) is 0 Å². The van der Waals surface area contributed by atoms with E-state index in [1.54, 1.807) is 0 Å². The highest BCUT2D eigenvalue weighted by molar-refractivity contribution is 5.51. The number of fused-ring (bicyclic) bond motifs is 1. The first-order valence-electron chi connectivity index (χ1n) is 6.26. The zero-order valence-corrected chi connectivity index (χ0v) is 10.8. The van der Waals surface area contributed by atoms with Crippen molar-refractivity contribution in [3.8, 4) is 5.75 Å². The second-order valence-electron chi connectivity index (χ2n) is 4.92. The van der Waals surface area contributed by atoms with Crippen LogP contribution in [0.4, 0.5) is 5.69 Å². The summed E-state index contributed by atoms with van der Waals surface area (Å²) >= 11 is 0. The van der Waals surface area contributed by atoms with Crippen LogP contribution in [-0.4, -0.2) is 6.73 Å². The molecule has 0 aromatic heterocycles. The van der Waals surface area contributed by atoms with E-state index in [4.69, 9.17) is 4.74 Å². The van der Waals surface area contributed by atoms with Crippen molar-refractivity contribution in [3.63, 3.8) is 0 Å². The lowest BCUT2D eigenvalue weighted by atomic mass is 10.1. The first kappa shape index (κ1) is 11.1. The average Bonchev–Trinajstić information content (AvgIpc) is 2.39. The Morgan fingerprint density at radius 3 is 2.44 bits per heavy atom. The zero-order chi connectivity index (χ0) is 12.5. The molecule has 0 aliphatic carbocycles. The smallest absolute Gasteiger partial charge is 0.161 e. The van der Waals surface area contributed by atoms with Gasteiger partial charge in [0, 0.05) is 17.8 Å². The molecule has 0 radical (unpaired) electrons. The number of anilines is 1. The first-order chi connectivity index (χ1) is 8.72.